The lowest BCUT2D eigenvalue weighted by Crippen LogP contribution is -2.34. The maximum Gasteiger partial charge on any atom is 0.318 e. The van der Waals surface area contributed by atoms with E-state index >= 15 is 0 Å². The number of nitrogens with two attached hydrogens (primary N) is 1. The van der Waals surface area contributed by atoms with Gasteiger partial charge in [-0.1, -0.05) is 25.4 Å². The molecule has 1 rings (SSSR count). The van der Waals surface area contributed by atoms with E-state index in [9.17, 15) is 0 Å². The molecule has 90 valence electrons. The molecule has 0 saturated carbocycles. The molecule has 0 fully saturated rings. The number of anilines is 1. The van der Waals surface area contributed by atoms with Crippen LogP contribution in [-0.2, 0) is 0 Å². The summed E-state index contributed by atoms with van der Waals surface area (Å²) >= 11 is 5.98. The average Bonchev–Trinajstić information content (AvgIpc) is 2.27. The van der Waals surface area contributed by atoms with Gasteiger partial charge in [-0.2, -0.15) is 4.98 Å². The summed E-state index contributed by atoms with van der Waals surface area (Å²) in [6.07, 6.45) is 1.50. The molecule has 1 heterocycles. The first-order valence-electron chi connectivity index (χ1n) is 5.11. The van der Waals surface area contributed by atoms with Crippen LogP contribution in [0.2, 0.25) is 5.02 Å². The van der Waals surface area contributed by atoms with Crippen molar-refractivity contribution in [3.05, 3.63) is 11.2 Å². The summed E-state index contributed by atoms with van der Waals surface area (Å²) < 4.78 is 4.93. The number of ether oxygens (including phenoxy) is 1. The van der Waals surface area contributed by atoms with Gasteiger partial charge in [0.05, 0.1) is 13.3 Å². The van der Waals surface area contributed by atoms with E-state index in [0.29, 0.717) is 23.3 Å². The minimum absolute atomic E-state index is 0.122. The van der Waals surface area contributed by atoms with Gasteiger partial charge in [-0.3, -0.25) is 0 Å². The van der Waals surface area contributed by atoms with E-state index in [0.717, 1.165) is 0 Å². The van der Waals surface area contributed by atoms with Crippen molar-refractivity contribution in [2.75, 3.05) is 19.0 Å². The molecule has 5 nitrogen and oxygen atoms in total. The van der Waals surface area contributed by atoms with Gasteiger partial charge in [-0.25, -0.2) is 4.98 Å². The number of nitrogens with zero attached hydrogens (tertiary/aromatic N) is 2. The van der Waals surface area contributed by atoms with E-state index in [1.807, 2.05) is 0 Å². The molecule has 0 aromatic carbocycles. The molecular weight excluding hydrogens is 228 g/mol. The quantitative estimate of drug-likeness (QED) is 0.822. The van der Waals surface area contributed by atoms with Crippen LogP contribution in [0.5, 0.6) is 6.01 Å². The van der Waals surface area contributed by atoms with E-state index in [4.69, 9.17) is 22.1 Å². The predicted octanol–water partition coefficient (Wildman–Crippen LogP) is 1.53. The fourth-order valence-electron chi connectivity index (χ4n) is 1.22. The molecule has 0 aliphatic carbocycles. The number of hydrogen-bond acceptors (Lipinski definition) is 5. The Morgan fingerprint density at radius 3 is 2.75 bits per heavy atom. The molecule has 0 spiro atoms. The topological polar surface area (TPSA) is 73.1 Å². The molecule has 0 saturated heterocycles. The van der Waals surface area contributed by atoms with Gasteiger partial charge in [0.1, 0.15) is 5.02 Å². The third-order valence-corrected chi connectivity index (χ3v) is 2.56. The van der Waals surface area contributed by atoms with Crippen molar-refractivity contribution in [2.24, 2.45) is 11.7 Å². The Labute approximate surface area is 100 Å². The summed E-state index contributed by atoms with van der Waals surface area (Å²) in [5.41, 5.74) is 5.66. The van der Waals surface area contributed by atoms with E-state index in [1.165, 1.54) is 13.3 Å². The lowest BCUT2D eigenvalue weighted by atomic mass is 10.1. The molecule has 1 aromatic heterocycles. The molecule has 16 heavy (non-hydrogen) atoms. The third kappa shape index (κ3) is 3.21. The molecule has 3 N–H and O–H groups in total. The van der Waals surface area contributed by atoms with E-state index in [2.05, 4.69) is 29.1 Å². The zero-order valence-electron chi connectivity index (χ0n) is 9.70. The zero-order chi connectivity index (χ0) is 12.1. The Kier molecular flexibility index (Phi) is 4.76. The molecular formula is C10H17ClN4O. The Morgan fingerprint density at radius 1 is 1.56 bits per heavy atom. The zero-order valence-corrected chi connectivity index (χ0v) is 10.5. The first-order valence-corrected chi connectivity index (χ1v) is 5.49. The van der Waals surface area contributed by atoms with Gasteiger partial charge < -0.3 is 15.8 Å². The van der Waals surface area contributed by atoms with Crippen LogP contribution >= 0.6 is 11.6 Å². The second-order valence-corrected chi connectivity index (χ2v) is 4.19. The highest BCUT2D eigenvalue weighted by atomic mass is 35.5. The van der Waals surface area contributed by atoms with Crippen molar-refractivity contribution < 1.29 is 4.74 Å². The number of hydrogen-bond donors (Lipinski definition) is 2. The maximum atomic E-state index is 5.98. The summed E-state index contributed by atoms with van der Waals surface area (Å²) in [7, 11) is 1.51. The fraction of sp³-hybridized carbons (Fsp3) is 0.600. The van der Waals surface area contributed by atoms with Crippen molar-refractivity contribution in [3.8, 4) is 6.01 Å². The number of rotatable bonds is 5. The van der Waals surface area contributed by atoms with Crippen LogP contribution in [0.1, 0.15) is 13.8 Å². The molecule has 0 aliphatic rings. The van der Waals surface area contributed by atoms with Crippen LogP contribution in [0.3, 0.4) is 0 Å². The number of methoxy groups -OCH3 is 1. The summed E-state index contributed by atoms with van der Waals surface area (Å²) in [4.78, 5) is 8.03. The van der Waals surface area contributed by atoms with Crippen LogP contribution in [0, 0.1) is 5.92 Å². The highest BCUT2D eigenvalue weighted by Crippen LogP contribution is 2.21. The molecule has 1 atom stereocenters. The van der Waals surface area contributed by atoms with Crippen molar-refractivity contribution in [3.63, 3.8) is 0 Å². The smallest absolute Gasteiger partial charge is 0.318 e. The van der Waals surface area contributed by atoms with Crippen LogP contribution in [0.4, 0.5) is 5.82 Å². The van der Waals surface area contributed by atoms with Crippen LogP contribution < -0.4 is 15.8 Å². The molecule has 6 heteroatoms. The number of aromatic nitrogens is 2. The molecule has 0 radical (unpaired) electrons. The first-order chi connectivity index (χ1) is 7.58. The lowest BCUT2D eigenvalue weighted by molar-refractivity contribution is 0.380. The molecule has 0 amide bonds. The third-order valence-electron chi connectivity index (χ3n) is 2.29. The van der Waals surface area contributed by atoms with Gasteiger partial charge in [0, 0.05) is 12.6 Å². The van der Waals surface area contributed by atoms with Gasteiger partial charge in [0.2, 0.25) is 0 Å². The molecule has 1 unspecified atom stereocenters. The van der Waals surface area contributed by atoms with Crippen molar-refractivity contribution in [1.29, 1.82) is 0 Å². The largest absolute Gasteiger partial charge is 0.467 e. The second kappa shape index (κ2) is 5.86. The standard InChI is InChI=1S/C10H17ClN4O/c1-6(2)8(4-12)14-9-7(11)5-13-10(15-9)16-3/h5-6,8H,4,12H2,1-3H3,(H,13,14,15). The van der Waals surface area contributed by atoms with Crippen molar-refractivity contribution in [1.82, 2.24) is 9.97 Å². The van der Waals surface area contributed by atoms with Gasteiger partial charge in [-0.05, 0) is 5.92 Å². The molecule has 1 aromatic rings. The predicted molar refractivity (Wildman–Crippen MR) is 64.9 cm³/mol. The van der Waals surface area contributed by atoms with Crippen LogP contribution in [0.15, 0.2) is 6.20 Å². The fourth-order valence-corrected chi connectivity index (χ4v) is 1.37. The molecule has 0 aliphatic heterocycles. The van der Waals surface area contributed by atoms with Crippen LogP contribution in [0.25, 0.3) is 0 Å². The van der Waals surface area contributed by atoms with Gasteiger partial charge >= 0.3 is 6.01 Å². The van der Waals surface area contributed by atoms with Gasteiger partial charge in [0.25, 0.3) is 0 Å². The Bertz CT molecular complexity index is 346. The Morgan fingerprint density at radius 2 is 2.25 bits per heavy atom. The normalized spacial score (nSPS) is 12.6. The minimum Gasteiger partial charge on any atom is -0.467 e. The van der Waals surface area contributed by atoms with Crippen molar-refractivity contribution >= 4 is 17.4 Å². The first kappa shape index (κ1) is 13.0. The summed E-state index contributed by atoms with van der Waals surface area (Å²) in [6.45, 7) is 4.67. The highest BCUT2D eigenvalue weighted by molar-refractivity contribution is 6.32. The van der Waals surface area contributed by atoms with E-state index in [1.54, 1.807) is 0 Å². The minimum atomic E-state index is 0.122. The summed E-state index contributed by atoms with van der Waals surface area (Å²) in [5.74, 6) is 0.944. The Hall–Kier alpha value is -1.07. The van der Waals surface area contributed by atoms with Crippen molar-refractivity contribution in [2.45, 2.75) is 19.9 Å². The van der Waals surface area contributed by atoms with E-state index in [-0.39, 0.29) is 12.1 Å². The number of halogens is 1. The van der Waals surface area contributed by atoms with Gasteiger partial charge in [0.15, 0.2) is 5.82 Å². The monoisotopic (exact) mass is 244 g/mol. The number of nitrogens with one attached hydrogen (secondary N) is 1. The summed E-state index contributed by atoms with van der Waals surface area (Å²) in [5, 5.41) is 3.64. The van der Waals surface area contributed by atoms with Gasteiger partial charge in [-0.15, -0.1) is 0 Å². The SMILES string of the molecule is COc1ncc(Cl)c(NC(CN)C(C)C)n1. The average molecular weight is 245 g/mol. The molecule has 0 bridgehead atoms. The Balaban J connectivity index is 2.86. The highest BCUT2D eigenvalue weighted by Gasteiger charge is 2.14. The second-order valence-electron chi connectivity index (χ2n) is 3.78. The maximum absolute atomic E-state index is 5.98. The summed E-state index contributed by atoms with van der Waals surface area (Å²) in [6, 6.07) is 0.406. The van der Waals surface area contributed by atoms with Crippen LogP contribution in [-0.4, -0.2) is 29.7 Å². The lowest BCUT2D eigenvalue weighted by Gasteiger charge is -2.21. The van der Waals surface area contributed by atoms with E-state index < -0.39 is 0 Å².